The van der Waals surface area contributed by atoms with E-state index in [4.69, 9.17) is 11.6 Å². The lowest BCUT2D eigenvalue weighted by Crippen LogP contribution is -2.51. The van der Waals surface area contributed by atoms with Crippen LogP contribution in [0.25, 0.3) is 11.0 Å². The van der Waals surface area contributed by atoms with E-state index in [-0.39, 0.29) is 24.8 Å². The minimum Gasteiger partial charge on any atom is -0.366 e. The van der Waals surface area contributed by atoms with Crippen molar-refractivity contribution in [1.82, 2.24) is 14.0 Å². The largest absolute Gasteiger partial charge is 0.366 e. The van der Waals surface area contributed by atoms with Crippen LogP contribution in [0.3, 0.4) is 0 Å². The normalized spacial score (nSPS) is 13.8. The highest BCUT2D eigenvalue weighted by molar-refractivity contribution is 6.30. The zero-order chi connectivity index (χ0) is 25.2. The van der Waals surface area contributed by atoms with Crippen LogP contribution in [0.4, 0.5) is 10.1 Å². The highest BCUT2D eigenvalue weighted by Gasteiger charge is 2.24. The molecule has 1 aliphatic rings. The van der Waals surface area contributed by atoms with Gasteiger partial charge in [0.2, 0.25) is 5.91 Å². The van der Waals surface area contributed by atoms with Gasteiger partial charge in [-0.25, -0.2) is 4.39 Å². The maximum Gasteiger partial charge on any atom is 0.317 e. The highest BCUT2D eigenvalue weighted by atomic mass is 35.5. The van der Waals surface area contributed by atoms with Crippen LogP contribution in [0.1, 0.15) is 5.56 Å². The van der Waals surface area contributed by atoms with Crippen molar-refractivity contribution in [2.75, 3.05) is 31.1 Å². The Morgan fingerprint density at radius 1 is 0.778 bits per heavy atom. The van der Waals surface area contributed by atoms with Gasteiger partial charge in [-0.2, -0.15) is 0 Å². The number of fused-ring (bicyclic) bond motifs is 1. The fraction of sp³-hybridized carbons (Fsp3) is 0.222. The SMILES string of the molecule is O=C(Cn1c(=O)c(=O)n(Cc2ccc(Cl)cc2)c2ccccc21)N1CCN(c2ccccc2F)CC1. The van der Waals surface area contributed by atoms with Gasteiger partial charge < -0.3 is 9.80 Å². The minimum atomic E-state index is -0.749. The number of hydrogen-bond donors (Lipinski definition) is 0. The standard InChI is InChI=1S/C27H24ClFN4O3/c28-20-11-9-19(10-12-20)17-32-23-7-3-4-8-24(23)33(27(36)26(32)35)18-25(34)31-15-13-30(14-16-31)22-6-2-1-5-21(22)29/h1-12H,13-18H2. The number of rotatable bonds is 5. The van der Waals surface area contributed by atoms with Crippen LogP contribution in [0, 0.1) is 5.82 Å². The Hall–Kier alpha value is -3.91. The topological polar surface area (TPSA) is 67.5 Å². The Bertz CT molecular complexity index is 1540. The van der Waals surface area contributed by atoms with Gasteiger partial charge in [-0.05, 0) is 42.0 Å². The summed E-state index contributed by atoms with van der Waals surface area (Å²) in [7, 11) is 0. The Morgan fingerprint density at radius 2 is 1.36 bits per heavy atom. The summed E-state index contributed by atoms with van der Waals surface area (Å²) in [6.45, 7) is 1.71. The average Bonchev–Trinajstić information content (AvgIpc) is 2.90. The van der Waals surface area contributed by atoms with Crippen molar-refractivity contribution in [2.45, 2.75) is 13.1 Å². The molecule has 1 saturated heterocycles. The summed E-state index contributed by atoms with van der Waals surface area (Å²) in [6.07, 6.45) is 0. The van der Waals surface area contributed by atoms with Crippen molar-refractivity contribution < 1.29 is 9.18 Å². The second-order valence-electron chi connectivity index (χ2n) is 8.72. The van der Waals surface area contributed by atoms with E-state index in [1.54, 1.807) is 71.6 Å². The molecule has 7 nitrogen and oxygen atoms in total. The second-order valence-corrected chi connectivity index (χ2v) is 9.15. The van der Waals surface area contributed by atoms with Gasteiger partial charge in [-0.1, -0.05) is 48.0 Å². The van der Waals surface area contributed by atoms with E-state index in [2.05, 4.69) is 0 Å². The predicted molar refractivity (Wildman–Crippen MR) is 138 cm³/mol. The van der Waals surface area contributed by atoms with Crippen LogP contribution < -0.4 is 16.0 Å². The molecular weight excluding hydrogens is 483 g/mol. The summed E-state index contributed by atoms with van der Waals surface area (Å²) in [5.74, 6) is -0.556. The highest BCUT2D eigenvalue weighted by Crippen LogP contribution is 2.20. The summed E-state index contributed by atoms with van der Waals surface area (Å²) in [6, 6.07) is 20.7. The first kappa shape index (κ1) is 23.8. The van der Waals surface area contributed by atoms with Crippen molar-refractivity contribution in [3.8, 4) is 0 Å². The molecule has 0 saturated carbocycles. The van der Waals surface area contributed by atoms with Gasteiger partial charge in [-0.15, -0.1) is 0 Å². The lowest BCUT2D eigenvalue weighted by atomic mass is 10.2. The molecule has 1 amide bonds. The van der Waals surface area contributed by atoms with Gasteiger partial charge >= 0.3 is 11.1 Å². The van der Waals surface area contributed by atoms with Gasteiger partial charge in [-0.3, -0.25) is 23.5 Å². The zero-order valence-corrected chi connectivity index (χ0v) is 20.2. The molecule has 4 aromatic rings. The van der Waals surface area contributed by atoms with Gasteiger partial charge in [0.1, 0.15) is 12.4 Å². The number of benzene rings is 3. The molecule has 0 N–H and O–H groups in total. The number of carbonyl (C=O) groups is 1. The summed E-state index contributed by atoms with van der Waals surface area (Å²) in [4.78, 5) is 42.9. The molecule has 184 valence electrons. The molecule has 1 fully saturated rings. The molecule has 9 heteroatoms. The van der Waals surface area contributed by atoms with Gasteiger partial charge in [0.25, 0.3) is 0 Å². The third-order valence-electron chi connectivity index (χ3n) is 6.51. The Balaban J connectivity index is 1.39. The molecule has 1 aliphatic heterocycles. The number of carbonyl (C=O) groups excluding carboxylic acids is 1. The van der Waals surface area contributed by atoms with Crippen molar-refractivity contribution in [2.24, 2.45) is 0 Å². The van der Waals surface area contributed by atoms with Crippen LogP contribution in [0.2, 0.25) is 5.02 Å². The number of halogens is 2. The summed E-state index contributed by atoms with van der Waals surface area (Å²) >= 11 is 5.97. The fourth-order valence-corrected chi connectivity index (χ4v) is 4.72. The van der Waals surface area contributed by atoms with Crippen molar-refractivity contribution in [3.63, 3.8) is 0 Å². The molecular formula is C27H24ClFN4O3. The molecule has 3 aromatic carbocycles. The Labute approximate surface area is 211 Å². The van der Waals surface area contributed by atoms with Crippen LogP contribution in [-0.2, 0) is 17.9 Å². The number of para-hydroxylation sites is 3. The van der Waals surface area contributed by atoms with Crippen molar-refractivity contribution in [3.05, 3.63) is 110 Å². The molecule has 0 unspecified atom stereocenters. The number of hydrogen-bond acceptors (Lipinski definition) is 4. The average molecular weight is 507 g/mol. The lowest BCUT2D eigenvalue weighted by molar-refractivity contribution is -0.132. The molecule has 36 heavy (non-hydrogen) atoms. The van der Waals surface area contributed by atoms with Gasteiger partial charge in [0, 0.05) is 31.2 Å². The second kappa shape index (κ2) is 9.99. The van der Waals surface area contributed by atoms with E-state index in [9.17, 15) is 18.8 Å². The predicted octanol–water partition coefficient (Wildman–Crippen LogP) is 3.35. The number of piperazine rings is 1. The quantitative estimate of drug-likeness (QED) is 0.389. The number of anilines is 1. The lowest BCUT2D eigenvalue weighted by Gasteiger charge is -2.36. The molecule has 0 aliphatic carbocycles. The zero-order valence-electron chi connectivity index (χ0n) is 19.4. The minimum absolute atomic E-state index is 0.207. The first-order valence-corrected chi connectivity index (χ1v) is 12.0. The summed E-state index contributed by atoms with van der Waals surface area (Å²) in [5.41, 5.74) is 0.967. The third-order valence-corrected chi connectivity index (χ3v) is 6.76. The molecule has 0 bridgehead atoms. The van der Waals surface area contributed by atoms with Crippen molar-refractivity contribution in [1.29, 1.82) is 0 Å². The van der Waals surface area contributed by atoms with Crippen molar-refractivity contribution >= 4 is 34.2 Å². The maximum absolute atomic E-state index is 14.1. The number of aromatic nitrogens is 2. The maximum atomic E-state index is 14.1. The number of nitrogens with zero attached hydrogens (tertiary/aromatic N) is 4. The monoisotopic (exact) mass is 506 g/mol. The van der Waals surface area contributed by atoms with Crippen LogP contribution in [0.15, 0.2) is 82.4 Å². The van der Waals surface area contributed by atoms with E-state index in [1.807, 2.05) is 4.90 Å². The Morgan fingerprint density at radius 3 is 2.03 bits per heavy atom. The van der Waals surface area contributed by atoms with E-state index in [0.717, 1.165) is 5.56 Å². The van der Waals surface area contributed by atoms with E-state index >= 15 is 0 Å². The first-order valence-electron chi connectivity index (χ1n) is 11.7. The molecule has 1 aromatic heterocycles. The van der Waals surface area contributed by atoms with Gasteiger partial charge in [0.15, 0.2) is 0 Å². The third kappa shape index (κ3) is 4.64. The molecule has 2 heterocycles. The van der Waals surface area contributed by atoms with E-state index in [1.165, 1.54) is 15.2 Å². The molecule has 0 atom stereocenters. The van der Waals surface area contributed by atoms with Crippen LogP contribution >= 0.6 is 11.6 Å². The molecule has 0 radical (unpaired) electrons. The summed E-state index contributed by atoms with van der Waals surface area (Å²) < 4.78 is 16.8. The molecule has 0 spiro atoms. The molecule has 5 rings (SSSR count). The van der Waals surface area contributed by atoms with E-state index < -0.39 is 11.1 Å². The summed E-state index contributed by atoms with van der Waals surface area (Å²) in [5, 5.41) is 0.583. The van der Waals surface area contributed by atoms with Gasteiger partial charge in [0.05, 0.1) is 23.3 Å². The van der Waals surface area contributed by atoms with E-state index in [0.29, 0.717) is 47.9 Å². The smallest absolute Gasteiger partial charge is 0.317 e. The first-order chi connectivity index (χ1) is 17.4. The number of amides is 1. The fourth-order valence-electron chi connectivity index (χ4n) is 4.60. The Kier molecular flexibility index (Phi) is 6.61. The van der Waals surface area contributed by atoms with Crippen LogP contribution in [-0.4, -0.2) is 46.1 Å². The van der Waals surface area contributed by atoms with Crippen LogP contribution in [0.5, 0.6) is 0 Å².